The van der Waals surface area contributed by atoms with Crippen LogP contribution in [0.4, 0.5) is 0 Å². The number of hydrogen-bond acceptors (Lipinski definition) is 2. The second-order valence-corrected chi connectivity index (χ2v) is 7.64. The average Bonchev–Trinajstić information content (AvgIpc) is 2.39. The summed E-state index contributed by atoms with van der Waals surface area (Å²) in [5, 5.41) is 0. The molecule has 1 fully saturated rings. The molecule has 1 aliphatic rings. The smallest absolute Gasteiger partial charge is 0.189 e. The molecule has 20 heavy (non-hydrogen) atoms. The minimum atomic E-state index is -1.34. The highest BCUT2D eigenvalue weighted by Gasteiger charge is 2.33. The Balaban J connectivity index is 2.05. The van der Waals surface area contributed by atoms with Crippen molar-refractivity contribution in [3.8, 4) is 0 Å². The third-order valence-corrected chi connectivity index (χ3v) is 5.46. The Hall–Kier alpha value is -0.670. The van der Waals surface area contributed by atoms with Gasteiger partial charge in [-0.05, 0) is 49.7 Å². The van der Waals surface area contributed by atoms with Crippen LogP contribution >= 0.6 is 0 Å². The zero-order chi connectivity index (χ0) is 14.7. The summed E-state index contributed by atoms with van der Waals surface area (Å²) >= 11 is -1.34. The molecule has 2 nitrogen and oxygen atoms in total. The van der Waals surface area contributed by atoms with Crippen LogP contribution in [0.5, 0.6) is 0 Å². The number of rotatable bonds is 4. The van der Waals surface area contributed by atoms with Crippen molar-refractivity contribution in [2.75, 3.05) is 0 Å². The topological polar surface area (TPSA) is 26.3 Å². The van der Waals surface area contributed by atoms with Crippen LogP contribution in [-0.2, 0) is 15.3 Å². The van der Waals surface area contributed by atoms with Gasteiger partial charge in [0.2, 0.25) is 0 Å². The van der Waals surface area contributed by atoms with Gasteiger partial charge in [0.25, 0.3) is 0 Å². The molecule has 1 saturated carbocycles. The lowest BCUT2D eigenvalue weighted by molar-refractivity contribution is 0.0567. The van der Waals surface area contributed by atoms with E-state index >= 15 is 0 Å². The molecule has 0 aliphatic heterocycles. The SMILES string of the molecule is Cc1ccc([S@@](=O)O[C@H]2C[C@H](C)CC[C@H]2C(C)C)cc1. The maximum absolute atomic E-state index is 12.4. The number of aryl methyl sites for hydroxylation is 1. The molecule has 0 heterocycles. The van der Waals surface area contributed by atoms with Crippen LogP contribution in [0.2, 0.25) is 0 Å². The van der Waals surface area contributed by atoms with E-state index in [0.717, 1.165) is 11.3 Å². The van der Waals surface area contributed by atoms with E-state index in [1.807, 2.05) is 31.2 Å². The van der Waals surface area contributed by atoms with Gasteiger partial charge in [-0.3, -0.25) is 4.18 Å². The fraction of sp³-hybridized carbons (Fsp3) is 0.647. The molecule has 112 valence electrons. The van der Waals surface area contributed by atoms with E-state index in [4.69, 9.17) is 4.18 Å². The molecule has 0 bridgehead atoms. The lowest BCUT2D eigenvalue weighted by atomic mass is 9.75. The van der Waals surface area contributed by atoms with Gasteiger partial charge in [-0.25, -0.2) is 4.21 Å². The maximum Gasteiger partial charge on any atom is 0.189 e. The summed E-state index contributed by atoms with van der Waals surface area (Å²) in [5.41, 5.74) is 1.18. The summed E-state index contributed by atoms with van der Waals surface area (Å²) in [6.45, 7) is 8.78. The van der Waals surface area contributed by atoms with E-state index in [2.05, 4.69) is 20.8 Å². The molecule has 0 amide bonds. The summed E-state index contributed by atoms with van der Waals surface area (Å²) in [7, 11) is 0. The van der Waals surface area contributed by atoms with Crippen molar-refractivity contribution in [1.82, 2.24) is 0 Å². The summed E-state index contributed by atoms with van der Waals surface area (Å²) in [6, 6.07) is 7.78. The third kappa shape index (κ3) is 3.92. The van der Waals surface area contributed by atoms with Crippen molar-refractivity contribution in [2.24, 2.45) is 17.8 Å². The Morgan fingerprint density at radius 2 is 1.85 bits per heavy atom. The van der Waals surface area contributed by atoms with Gasteiger partial charge < -0.3 is 0 Å². The van der Waals surface area contributed by atoms with Crippen molar-refractivity contribution in [3.05, 3.63) is 29.8 Å². The highest BCUT2D eigenvalue weighted by Crippen LogP contribution is 2.36. The predicted molar refractivity (Wildman–Crippen MR) is 83.8 cm³/mol. The highest BCUT2D eigenvalue weighted by molar-refractivity contribution is 7.80. The molecule has 0 radical (unpaired) electrons. The van der Waals surface area contributed by atoms with Gasteiger partial charge >= 0.3 is 0 Å². The molecular formula is C17H26O2S. The first-order valence-electron chi connectivity index (χ1n) is 7.63. The van der Waals surface area contributed by atoms with Crippen LogP contribution in [0.15, 0.2) is 29.2 Å². The van der Waals surface area contributed by atoms with Gasteiger partial charge in [0.15, 0.2) is 11.1 Å². The first-order valence-corrected chi connectivity index (χ1v) is 8.70. The van der Waals surface area contributed by atoms with Gasteiger partial charge in [0.05, 0.1) is 11.0 Å². The Morgan fingerprint density at radius 3 is 2.45 bits per heavy atom. The van der Waals surface area contributed by atoms with Crippen molar-refractivity contribution in [3.63, 3.8) is 0 Å². The van der Waals surface area contributed by atoms with E-state index in [9.17, 15) is 4.21 Å². The van der Waals surface area contributed by atoms with Crippen LogP contribution in [0.3, 0.4) is 0 Å². The van der Waals surface area contributed by atoms with E-state index < -0.39 is 11.1 Å². The summed E-state index contributed by atoms with van der Waals surface area (Å²) < 4.78 is 18.3. The first-order chi connectivity index (χ1) is 9.47. The second-order valence-electron chi connectivity index (χ2n) is 6.51. The van der Waals surface area contributed by atoms with Crippen molar-refractivity contribution >= 4 is 11.1 Å². The number of benzene rings is 1. The van der Waals surface area contributed by atoms with Gasteiger partial charge in [0, 0.05) is 0 Å². The zero-order valence-electron chi connectivity index (χ0n) is 13.0. The van der Waals surface area contributed by atoms with Crippen LogP contribution in [0.1, 0.15) is 45.6 Å². The van der Waals surface area contributed by atoms with Crippen molar-refractivity contribution in [2.45, 2.75) is 58.0 Å². The molecule has 0 unspecified atom stereocenters. The predicted octanol–water partition coefficient (Wildman–Crippen LogP) is 4.50. The van der Waals surface area contributed by atoms with Crippen LogP contribution < -0.4 is 0 Å². The van der Waals surface area contributed by atoms with Crippen molar-refractivity contribution < 1.29 is 8.39 Å². The summed E-state index contributed by atoms with van der Waals surface area (Å²) in [5.74, 6) is 1.79. The lowest BCUT2D eigenvalue weighted by Gasteiger charge is -2.36. The van der Waals surface area contributed by atoms with Gasteiger partial charge in [-0.15, -0.1) is 0 Å². The van der Waals surface area contributed by atoms with Gasteiger partial charge in [-0.2, -0.15) is 0 Å². The van der Waals surface area contributed by atoms with Crippen LogP contribution in [0, 0.1) is 24.7 Å². The Morgan fingerprint density at radius 1 is 1.20 bits per heavy atom. The minimum Gasteiger partial charge on any atom is -0.283 e. The fourth-order valence-electron chi connectivity index (χ4n) is 3.04. The van der Waals surface area contributed by atoms with Gasteiger partial charge in [0.1, 0.15) is 0 Å². The van der Waals surface area contributed by atoms with Crippen LogP contribution in [0.25, 0.3) is 0 Å². The maximum atomic E-state index is 12.4. The van der Waals surface area contributed by atoms with Gasteiger partial charge in [-0.1, -0.05) is 44.9 Å². The molecule has 2 rings (SSSR count). The Kier molecular flexibility index (Phi) is 5.39. The summed E-state index contributed by atoms with van der Waals surface area (Å²) in [6.07, 6.45) is 3.61. The van der Waals surface area contributed by atoms with Crippen LogP contribution in [-0.4, -0.2) is 10.3 Å². The molecule has 1 aromatic carbocycles. The van der Waals surface area contributed by atoms with Crippen molar-refractivity contribution in [1.29, 1.82) is 0 Å². The Labute approximate surface area is 125 Å². The first kappa shape index (κ1) is 15.7. The molecule has 1 aromatic rings. The second kappa shape index (κ2) is 6.86. The van der Waals surface area contributed by atoms with E-state index in [0.29, 0.717) is 17.8 Å². The molecule has 0 N–H and O–H groups in total. The minimum absolute atomic E-state index is 0.126. The van der Waals surface area contributed by atoms with E-state index in [1.165, 1.54) is 18.4 Å². The number of hydrogen-bond donors (Lipinski definition) is 0. The molecule has 1 aliphatic carbocycles. The molecule has 3 heteroatoms. The molecule has 0 spiro atoms. The van der Waals surface area contributed by atoms with E-state index in [1.54, 1.807) is 0 Å². The monoisotopic (exact) mass is 294 g/mol. The molecule has 4 atom stereocenters. The Bertz CT molecular complexity index is 453. The average molecular weight is 294 g/mol. The summed E-state index contributed by atoms with van der Waals surface area (Å²) in [4.78, 5) is 0.774. The van der Waals surface area contributed by atoms with E-state index in [-0.39, 0.29) is 6.10 Å². The molecule has 0 saturated heterocycles. The highest BCUT2D eigenvalue weighted by atomic mass is 32.2. The molecular weight excluding hydrogens is 268 g/mol. The lowest BCUT2D eigenvalue weighted by Crippen LogP contribution is -2.34. The normalized spacial score (nSPS) is 28.6. The zero-order valence-corrected chi connectivity index (χ0v) is 13.8. The molecule has 0 aromatic heterocycles. The fourth-order valence-corrected chi connectivity index (χ4v) is 3.96. The quantitative estimate of drug-likeness (QED) is 0.817. The largest absolute Gasteiger partial charge is 0.283 e. The standard InChI is InChI=1S/C17H26O2S/c1-12(2)16-10-7-14(4)11-17(16)19-20(18)15-8-5-13(3)6-9-15/h5-6,8-9,12,14,16-17H,7,10-11H2,1-4H3/t14-,16+,17+,20+/m1/s1. The third-order valence-electron chi connectivity index (χ3n) is 4.39.